The Kier molecular flexibility index (Phi) is 3.96. The molecule has 3 N–H and O–H groups in total. The Hall–Kier alpha value is -1.85. The number of carbonyl (C=O) groups is 2. The van der Waals surface area contributed by atoms with Crippen molar-refractivity contribution in [1.29, 1.82) is 0 Å². The van der Waals surface area contributed by atoms with E-state index in [4.69, 9.17) is 0 Å². The van der Waals surface area contributed by atoms with Crippen LogP contribution in [0.4, 0.5) is 0 Å². The van der Waals surface area contributed by atoms with Gasteiger partial charge in [-0.25, -0.2) is 4.98 Å². The largest absolute Gasteiger partial charge is 0.481 e. The van der Waals surface area contributed by atoms with E-state index in [2.05, 4.69) is 15.3 Å². The van der Waals surface area contributed by atoms with Gasteiger partial charge in [0.1, 0.15) is 5.69 Å². The Morgan fingerprint density at radius 3 is 2.78 bits per heavy atom. The minimum Gasteiger partial charge on any atom is -0.481 e. The molecule has 1 aromatic heterocycles. The first-order valence-electron chi connectivity index (χ1n) is 6.20. The normalized spacial score (nSPS) is 24.2. The van der Waals surface area contributed by atoms with E-state index in [1.165, 1.54) is 12.5 Å². The highest BCUT2D eigenvalue weighted by atomic mass is 16.4. The third-order valence-corrected chi connectivity index (χ3v) is 3.39. The standard InChI is InChI=1S/C12H17N3O3/c16-11(10-6-13-7-14-10)15-9-5-3-1-2-4-8(9)12(17)18/h6-9H,1-5H2,(H,13,14)(H,15,16)(H,17,18). The van der Waals surface area contributed by atoms with Gasteiger partial charge in [0, 0.05) is 6.04 Å². The number of aromatic amines is 1. The first-order valence-corrected chi connectivity index (χ1v) is 6.20. The number of nitrogens with zero attached hydrogens (tertiary/aromatic N) is 1. The number of rotatable bonds is 3. The molecule has 0 radical (unpaired) electrons. The third kappa shape index (κ3) is 2.88. The molecule has 1 saturated carbocycles. The first-order chi connectivity index (χ1) is 8.68. The third-order valence-electron chi connectivity index (χ3n) is 3.39. The van der Waals surface area contributed by atoms with Gasteiger partial charge in [-0.3, -0.25) is 9.59 Å². The predicted molar refractivity (Wildman–Crippen MR) is 64.1 cm³/mol. The second-order valence-corrected chi connectivity index (χ2v) is 4.63. The number of amides is 1. The van der Waals surface area contributed by atoms with E-state index >= 15 is 0 Å². The lowest BCUT2D eigenvalue weighted by molar-refractivity contribution is -0.142. The van der Waals surface area contributed by atoms with E-state index < -0.39 is 11.9 Å². The second-order valence-electron chi connectivity index (χ2n) is 4.63. The van der Waals surface area contributed by atoms with Crippen LogP contribution < -0.4 is 5.32 Å². The lowest BCUT2D eigenvalue weighted by atomic mass is 9.95. The van der Waals surface area contributed by atoms with E-state index in [1.54, 1.807) is 0 Å². The Morgan fingerprint density at radius 1 is 1.33 bits per heavy atom. The van der Waals surface area contributed by atoms with Crippen molar-refractivity contribution in [1.82, 2.24) is 15.3 Å². The lowest BCUT2D eigenvalue weighted by Gasteiger charge is -2.22. The number of hydrogen-bond acceptors (Lipinski definition) is 3. The van der Waals surface area contributed by atoms with Gasteiger partial charge < -0.3 is 15.4 Å². The van der Waals surface area contributed by atoms with Crippen molar-refractivity contribution in [2.75, 3.05) is 0 Å². The number of hydrogen-bond donors (Lipinski definition) is 3. The van der Waals surface area contributed by atoms with Crippen molar-refractivity contribution in [3.05, 3.63) is 18.2 Å². The van der Waals surface area contributed by atoms with Crippen LogP contribution in [0.15, 0.2) is 12.5 Å². The van der Waals surface area contributed by atoms with Crippen molar-refractivity contribution in [2.45, 2.75) is 38.1 Å². The molecule has 1 heterocycles. The summed E-state index contributed by atoms with van der Waals surface area (Å²) in [7, 11) is 0. The van der Waals surface area contributed by atoms with E-state index in [9.17, 15) is 14.7 Å². The van der Waals surface area contributed by atoms with E-state index in [-0.39, 0.29) is 11.9 Å². The minimum atomic E-state index is -0.827. The Bertz CT molecular complexity index is 416. The summed E-state index contributed by atoms with van der Waals surface area (Å²) in [5.74, 6) is -1.60. The number of imidazole rings is 1. The quantitative estimate of drug-likeness (QED) is 0.703. The molecule has 2 unspecified atom stereocenters. The monoisotopic (exact) mass is 251 g/mol. The Labute approximate surface area is 105 Å². The maximum absolute atomic E-state index is 11.9. The summed E-state index contributed by atoms with van der Waals surface area (Å²) < 4.78 is 0. The number of carboxylic acids is 1. The summed E-state index contributed by atoms with van der Waals surface area (Å²) in [5.41, 5.74) is 0.364. The van der Waals surface area contributed by atoms with Crippen molar-refractivity contribution < 1.29 is 14.7 Å². The molecular formula is C12H17N3O3. The smallest absolute Gasteiger partial charge is 0.308 e. The number of carbonyl (C=O) groups excluding carboxylic acids is 1. The molecule has 0 saturated heterocycles. The fraction of sp³-hybridized carbons (Fsp3) is 0.583. The van der Waals surface area contributed by atoms with Gasteiger partial charge in [0.25, 0.3) is 5.91 Å². The molecule has 1 fully saturated rings. The maximum atomic E-state index is 11.9. The van der Waals surface area contributed by atoms with Crippen LogP contribution in [0.2, 0.25) is 0 Å². The zero-order valence-electron chi connectivity index (χ0n) is 10.1. The number of nitrogens with one attached hydrogen (secondary N) is 2. The van der Waals surface area contributed by atoms with Gasteiger partial charge in [0.15, 0.2) is 0 Å². The highest BCUT2D eigenvalue weighted by Gasteiger charge is 2.30. The van der Waals surface area contributed by atoms with Crippen molar-refractivity contribution in [2.24, 2.45) is 5.92 Å². The number of carboxylic acid groups (broad SMARTS) is 1. The summed E-state index contributed by atoms with van der Waals surface area (Å²) in [6.07, 6.45) is 7.10. The van der Waals surface area contributed by atoms with Gasteiger partial charge in [-0.05, 0) is 12.8 Å². The van der Waals surface area contributed by atoms with Gasteiger partial charge in [-0.1, -0.05) is 19.3 Å². The van der Waals surface area contributed by atoms with Crippen molar-refractivity contribution in [3.63, 3.8) is 0 Å². The minimum absolute atomic E-state index is 0.286. The fourth-order valence-corrected chi connectivity index (χ4v) is 2.40. The Balaban J connectivity index is 2.04. The molecule has 6 heteroatoms. The van der Waals surface area contributed by atoms with Crippen LogP contribution in [0.3, 0.4) is 0 Å². The number of aromatic nitrogens is 2. The van der Waals surface area contributed by atoms with Gasteiger partial charge in [0.05, 0.1) is 18.4 Å². The summed E-state index contributed by atoms with van der Waals surface area (Å²) in [6, 6.07) is -0.291. The number of H-pyrrole nitrogens is 1. The zero-order valence-corrected chi connectivity index (χ0v) is 10.1. The molecule has 1 aliphatic rings. The average molecular weight is 251 g/mol. The summed E-state index contributed by atoms with van der Waals surface area (Å²) in [5, 5.41) is 12.0. The van der Waals surface area contributed by atoms with Crippen LogP contribution in [0.25, 0.3) is 0 Å². The maximum Gasteiger partial charge on any atom is 0.308 e. The SMILES string of the molecule is O=C(NC1CCCCCC1C(=O)O)c1cnc[nH]1. The molecule has 18 heavy (non-hydrogen) atoms. The second kappa shape index (κ2) is 5.66. The highest BCUT2D eigenvalue weighted by molar-refractivity contribution is 5.92. The van der Waals surface area contributed by atoms with Gasteiger partial charge >= 0.3 is 5.97 Å². The van der Waals surface area contributed by atoms with Gasteiger partial charge in [0.2, 0.25) is 0 Å². The van der Waals surface area contributed by atoms with Crippen LogP contribution in [-0.4, -0.2) is 33.0 Å². The van der Waals surface area contributed by atoms with Crippen molar-refractivity contribution >= 4 is 11.9 Å². The van der Waals surface area contributed by atoms with Gasteiger partial charge in [-0.2, -0.15) is 0 Å². The molecule has 6 nitrogen and oxygen atoms in total. The van der Waals surface area contributed by atoms with Gasteiger partial charge in [-0.15, -0.1) is 0 Å². The van der Waals surface area contributed by atoms with Crippen molar-refractivity contribution in [3.8, 4) is 0 Å². The highest BCUT2D eigenvalue weighted by Crippen LogP contribution is 2.24. The fourth-order valence-electron chi connectivity index (χ4n) is 2.40. The Morgan fingerprint density at radius 2 is 2.11 bits per heavy atom. The topological polar surface area (TPSA) is 95.1 Å². The summed E-state index contributed by atoms with van der Waals surface area (Å²) in [6.45, 7) is 0. The van der Waals surface area contributed by atoms with Crippen LogP contribution in [0.5, 0.6) is 0 Å². The van der Waals surface area contributed by atoms with Crippen LogP contribution in [0, 0.1) is 5.92 Å². The zero-order chi connectivity index (χ0) is 13.0. The molecule has 2 atom stereocenters. The lowest BCUT2D eigenvalue weighted by Crippen LogP contribution is -2.42. The molecule has 2 rings (SSSR count). The molecule has 0 aliphatic heterocycles. The summed E-state index contributed by atoms with van der Waals surface area (Å²) >= 11 is 0. The number of aliphatic carboxylic acids is 1. The molecule has 1 aromatic rings. The summed E-state index contributed by atoms with van der Waals surface area (Å²) in [4.78, 5) is 29.6. The molecule has 0 aromatic carbocycles. The van der Waals surface area contributed by atoms with E-state index in [0.717, 1.165) is 25.7 Å². The van der Waals surface area contributed by atoms with Crippen LogP contribution in [0.1, 0.15) is 42.6 Å². The van der Waals surface area contributed by atoms with E-state index in [1.807, 2.05) is 0 Å². The van der Waals surface area contributed by atoms with Crippen LogP contribution >= 0.6 is 0 Å². The molecule has 0 bridgehead atoms. The van der Waals surface area contributed by atoms with Crippen LogP contribution in [-0.2, 0) is 4.79 Å². The molecule has 98 valence electrons. The molecule has 1 aliphatic carbocycles. The molecular weight excluding hydrogens is 234 g/mol. The average Bonchev–Trinajstić information content (AvgIpc) is 2.77. The van der Waals surface area contributed by atoms with E-state index in [0.29, 0.717) is 12.1 Å². The first kappa shape index (κ1) is 12.6. The molecule has 0 spiro atoms. The molecule has 1 amide bonds. The predicted octanol–water partition coefficient (Wildman–Crippen LogP) is 1.17.